The van der Waals surface area contributed by atoms with Crippen molar-refractivity contribution in [2.75, 3.05) is 10.8 Å². The lowest BCUT2D eigenvalue weighted by Crippen LogP contribution is -2.44. The van der Waals surface area contributed by atoms with Crippen molar-refractivity contribution in [3.05, 3.63) is 47.8 Å². The number of aryl methyl sites for hydroxylation is 1. The maximum absolute atomic E-state index is 13.3. The molecule has 2 aliphatic rings. The number of carbonyl (C=O) groups is 1. The number of rotatable bonds is 4. The first-order valence-electron chi connectivity index (χ1n) is 10.4. The summed E-state index contributed by atoms with van der Waals surface area (Å²) in [5.41, 5.74) is 2.14. The number of fused-ring (bicyclic) bond motifs is 1. The SMILES string of the molecule is C[C@H]1[C@H](C)CCC[C@@H]1NC(=O)c1cc(S(=O)(=O)N2CCc3ccccc32)cn1C. The van der Waals surface area contributed by atoms with Crippen LogP contribution in [-0.2, 0) is 23.5 Å². The highest BCUT2D eigenvalue weighted by Crippen LogP contribution is 2.33. The third kappa shape index (κ3) is 3.56. The van der Waals surface area contributed by atoms with E-state index in [9.17, 15) is 13.2 Å². The van der Waals surface area contributed by atoms with E-state index in [1.54, 1.807) is 11.6 Å². The van der Waals surface area contributed by atoms with Crippen LogP contribution in [0.15, 0.2) is 41.4 Å². The second-order valence-corrected chi connectivity index (χ2v) is 10.3. The fourth-order valence-electron chi connectivity index (χ4n) is 4.61. The van der Waals surface area contributed by atoms with E-state index in [0.29, 0.717) is 30.5 Å². The number of sulfonamides is 1. The molecule has 1 fully saturated rings. The van der Waals surface area contributed by atoms with Crippen LogP contribution in [0.1, 0.15) is 49.2 Å². The van der Waals surface area contributed by atoms with E-state index in [1.165, 1.54) is 23.0 Å². The molecule has 4 rings (SSSR count). The minimum atomic E-state index is -3.71. The van der Waals surface area contributed by atoms with Crippen molar-refractivity contribution >= 4 is 21.6 Å². The third-order valence-corrected chi connectivity index (χ3v) is 8.45. The Kier molecular flexibility index (Phi) is 5.19. The molecule has 7 heteroatoms. The highest BCUT2D eigenvalue weighted by atomic mass is 32.2. The van der Waals surface area contributed by atoms with E-state index in [-0.39, 0.29) is 16.8 Å². The maximum atomic E-state index is 13.3. The summed E-state index contributed by atoms with van der Waals surface area (Å²) in [6, 6.07) is 9.20. The first kappa shape index (κ1) is 20.0. The molecule has 29 heavy (non-hydrogen) atoms. The predicted molar refractivity (Wildman–Crippen MR) is 114 cm³/mol. The largest absolute Gasteiger partial charge is 0.348 e. The Morgan fingerprint density at radius 3 is 2.72 bits per heavy atom. The van der Waals surface area contributed by atoms with Gasteiger partial charge in [0.1, 0.15) is 10.6 Å². The van der Waals surface area contributed by atoms with E-state index in [0.717, 1.165) is 24.1 Å². The molecule has 1 aliphatic carbocycles. The Hall–Kier alpha value is -2.28. The van der Waals surface area contributed by atoms with Crippen molar-refractivity contribution < 1.29 is 13.2 Å². The van der Waals surface area contributed by atoms with Gasteiger partial charge in [0.05, 0.1) is 5.69 Å². The summed E-state index contributed by atoms with van der Waals surface area (Å²) in [5, 5.41) is 3.14. The molecule has 1 aromatic carbocycles. The van der Waals surface area contributed by atoms with Crippen molar-refractivity contribution in [3.8, 4) is 0 Å². The number of nitrogens with zero attached hydrogens (tertiary/aromatic N) is 2. The summed E-state index contributed by atoms with van der Waals surface area (Å²) in [6.45, 7) is 4.83. The number of para-hydroxylation sites is 1. The summed E-state index contributed by atoms with van der Waals surface area (Å²) < 4.78 is 29.6. The monoisotopic (exact) mass is 415 g/mol. The molecule has 1 saturated carbocycles. The van der Waals surface area contributed by atoms with Crippen molar-refractivity contribution in [3.63, 3.8) is 0 Å². The zero-order valence-corrected chi connectivity index (χ0v) is 18.1. The quantitative estimate of drug-likeness (QED) is 0.833. The normalized spacial score (nSPS) is 24.4. The van der Waals surface area contributed by atoms with Crippen LogP contribution in [0, 0.1) is 11.8 Å². The van der Waals surface area contributed by atoms with Crippen LogP contribution in [-0.4, -0.2) is 31.5 Å². The molecule has 156 valence electrons. The number of hydrogen-bond acceptors (Lipinski definition) is 3. The van der Waals surface area contributed by atoms with E-state index >= 15 is 0 Å². The number of hydrogen-bond donors (Lipinski definition) is 1. The molecule has 2 aromatic rings. The second-order valence-electron chi connectivity index (χ2n) is 8.48. The summed E-state index contributed by atoms with van der Waals surface area (Å²) in [7, 11) is -1.99. The van der Waals surface area contributed by atoms with Crippen LogP contribution in [0.3, 0.4) is 0 Å². The zero-order chi connectivity index (χ0) is 20.8. The van der Waals surface area contributed by atoms with E-state index in [4.69, 9.17) is 0 Å². The zero-order valence-electron chi connectivity index (χ0n) is 17.3. The number of carbonyl (C=O) groups excluding carboxylic acids is 1. The molecule has 1 N–H and O–H groups in total. The van der Waals surface area contributed by atoms with Gasteiger partial charge in [0.2, 0.25) is 0 Å². The summed E-state index contributed by atoms with van der Waals surface area (Å²) in [6.07, 6.45) is 5.51. The molecule has 0 unspecified atom stereocenters. The van der Waals surface area contributed by atoms with E-state index in [2.05, 4.69) is 19.2 Å². The predicted octanol–water partition coefficient (Wildman–Crippen LogP) is 3.33. The first-order valence-corrected chi connectivity index (χ1v) is 11.8. The molecule has 1 amide bonds. The van der Waals surface area contributed by atoms with Gasteiger partial charge in [-0.2, -0.15) is 0 Å². The van der Waals surface area contributed by atoms with Crippen molar-refractivity contribution in [1.82, 2.24) is 9.88 Å². The van der Waals surface area contributed by atoms with Gasteiger partial charge in [-0.05, 0) is 42.4 Å². The average Bonchev–Trinajstić information content (AvgIpc) is 3.30. The molecule has 0 spiro atoms. The average molecular weight is 416 g/mol. The molecular weight excluding hydrogens is 386 g/mol. The molecule has 0 bridgehead atoms. The smallest absolute Gasteiger partial charge is 0.268 e. The number of benzene rings is 1. The van der Waals surface area contributed by atoms with Crippen molar-refractivity contribution in [1.29, 1.82) is 0 Å². The van der Waals surface area contributed by atoms with Crippen LogP contribution in [0.25, 0.3) is 0 Å². The van der Waals surface area contributed by atoms with Gasteiger partial charge >= 0.3 is 0 Å². The molecule has 0 radical (unpaired) electrons. The lowest BCUT2D eigenvalue weighted by molar-refractivity contribution is 0.0883. The third-order valence-electron chi connectivity index (χ3n) is 6.67. The van der Waals surface area contributed by atoms with Crippen molar-refractivity contribution in [2.24, 2.45) is 18.9 Å². The van der Waals surface area contributed by atoms with Crippen LogP contribution >= 0.6 is 0 Å². The fourth-order valence-corrected chi connectivity index (χ4v) is 6.19. The molecule has 2 heterocycles. The Labute approximate surface area is 173 Å². The first-order chi connectivity index (χ1) is 13.8. The van der Waals surface area contributed by atoms with Crippen LogP contribution in [0.2, 0.25) is 0 Å². The molecule has 0 saturated heterocycles. The van der Waals surface area contributed by atoms with Gasteiger partial charge in [-0.15, -0.1) is 0 Å². The number of nitrogens with one attached hydrogen (secondary N) is 1. The number of amides is 1. The lowest BCUT2D eigenvalue weighted by Gasteiger charge is -2.34. The van der Waals surface area contributed by atoms with Gasteiger partial charge in [0.25, 0.3) is 15.9 Å². The summed E-state index contributed by atoms with van der Waals surface area (Å²) in [4.78, 5) is 13.1. The topological polar surface area (TPSA) is 71.4 Å². The fraction of sp³-hybridized carbons (Fsp3) is 0.500. The van der Waals surface area contributed by atoms with Crippen molar-refractivity contribution in [2.45, 2.75) is 50.5 Å². The Morgan fingerprint density at radius 1 is 1.17 bits per heavy atom. The second kappa shape index (κ2) is 7.52. The van der Waals surface area contributed by atoms with Crippen LogP contribution in [0.5, 0.6) is 0 Å². The van der Waals surface area contributed by atoms with Gasteiger partial charge in [0.15, 0.2) is 0 Å². The van der Waals surface area contributed by atoms with E-state index in [1.807, 2.05) is 24.3 Å². The van der Waals surface area contributed by atoms with E-state index < -0.39 is 10.0 Å². The number of aromatic nitrogens is 1. The van der Waals surface area contributed by atoms with Gasteiger partial charge in [-0.1, -0.05) is 44.9 Å². The lowest BCUT2D eigenvalue weighted by atomic mass is 9.78. The van der Waals surface area contributed by atoms with Crippen LogP contribution < -0.4 is 9.62 Å². The minimum Gasteiger partial charge on any atom is -0.348 e. The Bertz CT molecular complexity index is 1030. The van der Waals surface area contributed by atoms with Crippen LogP contribution in [0.4, 0.5) is 5.69 Å². The Morgan fingerprint density at radius 2 is 1.93 bits per heavy atom. The van der Waals surface area contributed by atoms with Gasteiger partial charge in [-0.3, -0.25) is 9.10 Å². The van der Waals surface area contributed by atoms with Gasteiger partial charge < -0.3 is 9.88 Å². The molecule has 1 aromatic heterocycles. The molecule has 3 atom stereocenters. The van der Waals surface area contributed by atoms with Gasteiger partial charge in [-0.25, -0.2) is 8.42 Å². The Balaban J connectivity index is 1.57. The molecule has 6 nitrogen and oxygen atoms in total. The highest BCUT2D eigenvalue weighted by molar-refractivity contribution is 7.92. The van der Waals surface area contributed by atoms with Gasteiger partial charge in [0, 0.05) is 25.8 Å². The maximum Gasteiger partial charge on any atom is 0.268 e. The standard InChI is InChI=1S/C22H29N3O3S/c1-15-7-6-9-19(16(15)2)23-22(26)21-13-18(14-24(21)3)29(27,28)25-12-11-17-8-4-5-10-20(17)25/h4-5,8,10,13-16,19H,6-7,9,11-12H2,1-3H3,(H,23,26)/t15-,16+,19+/m1/s1. The summed E-state index contributed by atoms with van der Waals surface area (Å²) in [5.74, 6) is 0.785. The summed E-state index contributed by atoms with van der Waals surface area (Å²) >= 11 is 0. The minimum absolute atomic E-state index is 0.131. The molecule has 1 aliphatic heterocycles. The molecular formula is C22H29N3O3S. The number of anilines is 1. The highest BCUT2D eigenvalue weighted by Gasteiger charge is 2.33.